The molecule has 9 heteroatoms. The van der Waals surface area contributed by atoms with Gasteiger partial charge in [-0.2, -0.15) is 10.4 Å². The van der Waals surface area contributed by atoms with E-state index in [0.717, 1.165) is 5.56 Å². The molecule has 0 bridgehead atoms. The molecular weight excluding hydrogens is 386 g/mol. The molecule has 3 rings (SSSR count). The van der Waals surface area contributed by atoms with Crippen LogP contribution in [0.1, 0.15) is 10.6 Å². The van der Waals surface area contributed by atoms with Gasteiger partial charge in [0.05, 0.1) is 16.3 Å². The average Bonchev–Trinajstić information content (AvgIpc) is 3.15. The fourth-order valence-corrected chi connectivity index (χ4v) is 3.20. The Kier molecular flexibility index (Phi) is 5.45. The van der Waals surface area contributed by atoms with Gasteiger partial charge in [0.25, 0.3) is 5.69 Å². The van der Waals surface area contributed by atoms with Gasteiger partial charge >= 0.3 is 0 Å². The minimum absolute atomic E-state index is 0.0191. The molecule has 0 aliphatic rings. The van der Waals surface area contributed by atoms with Gasteiger partial charge in [0.1, 0.15) is 6.07 Å². The van der Waals surface area contributed by atoms with Crippen LogP contribution in [0.5, 0.6) is 0 Å². The number of nitriles is 1. The van der Waals surface area contributed by atoms with Gasteiger partial charge in [-0.15, -0.1) is 11.3 Å². The Morgan fingerprint density at radius 2 is 2.15 bits per heavy atom. The van der Waals surface area contributed by atoms with E-state index in [2.05, 4.69) is 15.5 Å². The number of nitro groups is 1. The standard InChI is InChI=1S/C18H12ClN5O2S/c1-11-14(19)6-3-7-15(11)22-23-16(9-20)18-21-17(10-27-18)12-4-2-5-13(8-12)24(25)26/h2-8,10,22H,1H3/b23-16-. The van der Waals surface area contributed by atoms with E-state index in [4.69, 9.17) is 11.6 Å². The predicted molar refractivity (Wildman–Crippen MR) is 106 cm³/mol. The second-order valence-corrected chi connectivity index (χ2v) is 6.71. The zero-order chi connectivity index (χ0) is 19.4. The van der Waals surface area contributed by atoms with Crippen molar-refractivity contribution >= 4 is 40.0 Å². The van der Waals surface area contributed by atoms with Crippen molar-refractivity contribution in [2.45, 2.75) is 6.92 Å². The number of anilines is 1. The number of non-ortho nitro benzene ring substituents is 1. The van der Waals surface area contributed by atoms with E-state index in [-0.39, 0.29) is 11.4 Å². The minimum atomic E-state index is -0.462. The predicted octanol–water partition coefficient (Wildman–Crippen LogP) is 5.02. The number of aromatic nitrogens is 1. The number of hydrogen-bond acceptors (Lipinski definition) is 7. The molecule has 0 atom stereocenters. The highest BCUT2D eigenvalue weighted by molar-refractivity contribution is 7.12. The molecule has 7 nitrogen and oxygen atoms in total. The molecule has 1 aromatic heterocycles. The summed E-state index contributed by atoms with van der Waals surface area (Å²) in [5, 5.41) is 27.2. The molecule has 3 aromatic rings. The molecule has 0 aliphatic heterocycles. The topological polar surface area (TPSA) is 104 Å². The third-order valence-electron chi connectivity index (χ3n) is 3.72. The number of nitrogens with one attached hydrogen (secondary N) is 1. The molecule has 0 saturated heterocycles. The lowest BCUT2D eigenvalue weighted by molar-refractivity contribution is -0.384. The Labute approximate surface area is 163 Å². The minimum Gasteiger partial charge on any atom is -0.277 e. The Morgan fingerprint density at radius 3 is 2.89 bits per heavy atom. The van der Waals surface area contributed by atoms with Crippen LogP contribution in [0.2, 0.25) is 5.02 Å². The Balaban J connectivity index is 1.87. The molecule has 0 spiro atoms. The molecule has 1 N–H and O–H groups in total. The molecule has 0 aliphatic carbocycles. The molecule has 27 heavy (non-hydrogen) atoms. The van der Waals surface area contributed by atoms with Gasteiger partial charge in [-0.3, -0.25) is 15.5 Å². The second-order valence-electron chi connectivity index (χ2n) is 5.44. The van der Waals surface area contributed by atoms with Gasteiger partial charge < -0.3 is 0 Å². The zero-order valence-corrected chi connectivity index (χ0v) is 15.6. The van der Waals surface area contributed by atoms with E-state index in [1.165, 1.54) is 23.5 Å². The van der Waals surface area contributed by atoms with Gasteiger partial charge in [0.2, 0.25) is 0 Å². The third kappa shape index (κ3) is 4.11. The highest BCUT2D eigenvalue weighted by atomic mass is 35.5. The third-order valence-corrected chi connectivity index (χ3v) is 4.98. The molecule has 2 aromatic carbocycles. The summed E-state index contributed by atoms with van der Waals surface area (Å²) in [7, 11) is 0. The van der Waals surface area contributed by atoms with Crippen LogP contribution in [-0.2, 0) is 0 Å². The van der Waals surface area contributed by atoms with Crippen LogP contribution in [0.4, 0.5) is 11.4 Å². The molecule has 0 unspecified atom stereocenters. The van der Waals surface area contributed by atoms with Crippen molar-refractivity contribution in [3.8, 4) is 17.3 Å². The first-order valence-corrected chi connectivity index (χ1v) is 8.95. The summed E-state index contributed by atoms with van der Waals surface area (Å²) in [6.07, 6.45) is 0. The fraction of sp³-hybridized carbons (Fsp3) is 0.0556. The molecule has 0 saturated carbocycles. The summed E-state index contributed by atoms with van der Waals surface area (Å²) in [5.74, 6) is 0. The van der Waals surface area contributed by atoms with Crippen molar-refractivity contribution < 1.29 is 4.92 Å². The normalized spacial score (nSPS) is 11.1. The van der Waals surface area contributed by atoms with Crippen LogP contribution in [0.3, 0.4) is 0 Å². The van der Waals surface area contributed by atoms with E-state index in [1.807, 2.05) is 13.0 Å². The fourth-order valence-electron chi connectivity index (χ4n) is 2.26. The average molecular weight is 398 g/mol. The van der Waals surface area contributed by atoms with Crippen LogP contribution < -0.4 is 5.43 Å². The number of halogens is 1. The zero-order valence-electron chi connectivity index (χ0n) is 14.0. The summed E-state index contributed by atoms with van der Waals surface area (Å²) in [6, 6.07) is 13.5. The van der Waals surface area contributed by atoms with Crippen molar-refractivity contribution in [2.75, 3.05) is 5.43 Å². The van der Waals surface area contributed by atoms with Gasteiger partial charge in [-0.05, 0) is 24.6 Å². The number of nitro benzene ring substituents is 1. The smallest absolute Gasteiger partial charge is 0.270 e. The first kappa shape index (κ1) is 18.5. The van der Waals surface area contributed by atoms with Crippen molar-refractivity contribution in [2.24, 2.45) is 5.10 Å². The van der Waals surface area contributed by atoms with E-state index in [9.17, 15) is 15.4 Å². The quantitative estimate of drug-likeness (QED) is 0.369. The second kappa shape index (κ2) is 7.95. The van der Waals surface area contributed by atoms with Crippen molar-refractivity contribution in [1.82, 2.24) is 4.98 Å². The van der Waals surface area contributed by atoms with E-state index >= 15 is 0 Å². The SMILES string of the molecule is Cc1c(Cl)cccc1N/N=C(/C#N)c1nc(-c2cccc([N+](=O)[O-])c2)cs1. The number of rotatable bonds is 5. The van der Waals surface area contributed by atoms with Gasteiger partial charge in [0, 0.05) is 28.1 Å². The van der Waals surface area contributed by atoms with Crippen molar-refractivity contribution in [3.63, 3.8) is 0 Å². The Hall–Kier alpha value is -3.28. The van der Waals surface area contributed by atoms with Gasteiger partial charge in [-0.25, -0.2) is 4.98 Å². The molecular formula is C18H12ClN5O2S. The number of hydrazone groups is 1. The summed E-state index contributed by atoms with van der Waals surface area (Å²) < 4.78 is 0. The molecule has 0 radical (unpaired) electrons. The first-order chi connectivity index (χ1) is 13.0. The van der Waals surface area contributed by atoms with Crippen molar-refractivity contribution in [1.29, 1.82) is 5.26 Å². The lowest BCUT2D eigenvalue weighted by Gasteiger charge is -2.06. The van der Waals surface area contributed by atoms with Crippen LogP contribution in [0, 0.1) is 28.4 Å². The molecule has 134 valence electrons. The molecule has 0 amide bonds. The Morgan fingerprint density at radius 1 is 1.37 bits per heavy atom. The number of hydrogen-bond donors (Lipinski definition) is 1. The highest BCUT2D eigenvalue weighted by Gasteiger charge is 2.13. The van der Waals surface area contributed by atoms with Crippen LogP contribution in [-0.4, -0.2) is 15.6 Å². The largest absolute Gasteiger partial charge is 0.277 e. The van der Waals surface area contributed by atoms with E-state index < -0.39 is 4.92 Å². The van der Waals surface area contributed by atoms with Crippen LogP contribution >= 0.6 is 22.9 Å². The highest BCUT2D eigenvalue weighted by Crippen LogP contribution is 2.26. The summed E-state index contributed by atoms with van der Waals surface area (Å²) in [4.78, 5) is 14.8. The van der Waals surface area contributed by atoms with Gasteiger partial charge in [-0.1, -0.05) is 29.8 Å². The van der Waals surface area contributed by atoms with E-state index in [1.54, 1.807) is 35.7 Å². The lowest BCUT2D eigenvalue weighted by atomic mass is 10.1. The molecule has 1 heterocycles. The van der Waals surface area contributed by atoms with Crippen molar-refractivity contribution in [3.05, 3.63) is 73.6 Å². The van der Waals surface area contributed by atoms with Crippen LogP contribution in [0.25, 0.3) is 11.3 Å². The van der Waals surface area contributed by atoms with E-state index in [0.29, 0.717) is 27.0 Å². The number of benzene rings is 2. The van der Waals surface area contributed by atoms with Gasteiger partial charge in [0.15, 0.2) is 10.7 Å². The van der Waals surface area contributed by atoms with Crippen LogP contribution in [0.15, 0.2) is 52.9 Å². The summed E-state index contributed by atoms with van der Waals surface area (Å²) in [6.45, 7) is 1.84. The first-order valence-electron chi connectivity index (χ1n) is 7.69. The summed E-state index contributed by atoms with van der Waals surface area (Å²) in [5.41, 5.74) is 5.57. The maximum Gasteiger partial charge on any atom is 0.270 e. The Bertz CT molecular complexity index is 1090. The number of thiazole rings is 1. The summed E-state index contributed by atoms with van der Waals surface area (Å²) >= 11 is 7.31. The maximum absolute atomic E-state index is 10.9. The lowest BCUT2D eigenvalue weighted by Crippen LogP contribution is -2.02. The molecule has 0 fully saturated rings. The monoisotopic (exact) mass is 397 g/mol. The number of nitrogens with zero attached hydrogens (tertiary/aromatic N) is 4. The maximum atomic E-state index is 10.9.